The summed E-state index contributed by atoms with van der Waals surface area (Å²) in [5, 5.41) is 0. The summed E-state index contributed by atoms with van der Waals surface area (Å²) in [6.45, 7) is 21.4. The summed E-state index contributed by atoms with van der Waals surface area (Å²) in [4.78, 5) is 0. The third-order valence-corrected chi connectivity index (χ3v) is 12.6. The Morgan fingerprint density at radius 3 is 1.81 bits per heavy atom. The fraction of sp³-hybridized carbons (Fsp3) is 0.565. The summed E-state index contributed by atoms with van der Waals surface area (Å²) in [5.41, 5.74) is 2.98. The minimum absolute atomic E-state index is 0.586. The summed E-state index contributed by atoms with van der Waals surface area (Å²) in [5.74, 6) is 1.08. The van der Waals surface area contributed by atoms with Crippen LogP contribution in [0, 0.1) is 0 Å². The molecule has 1 nitrogen and oxygen atoms in total. The molecule has 3 heteroatoms. The van der Waals surface area contributed by atoms with E-state index < -0.39 is 16.4 Å². The Labute approximate surface area is 164 Å². The summed E-state index contributed by atoms with van der Waals surface area (Å²) in [7, 11) is -3.09. The Balaban J connectivity index is 3.24. The smallest absolute Gasteiger partial charge is 0.258 e. The van der Waals surface area contributed by atoms with Crippen LogP contribution in [-0.2, 0) is 4.43 Å². The minimum Gasteiger partial charge on any atom is -0.543 e. The van der Waals surface area contributed by atoms with Gasteiger partial charge in [0.05, 0.1) is 5.76 Å². The molecule has 1 rings (SSSR count). The maximum Gasteiger partial charge on any atom is 0.258 e. The Bertz CT molecular complexity index is 571. The molecule has 1 aromatic carbocycles. The molecule has 0 unspecified atom stereocenters. The van der Waals surface area contributed by atoms with Gasteiger partial charge >= 0.3 is 0 Å². The van der Waals surface area contributed by atoms with Crippen molar-refractivity contribution in [2.75, 3.05) is 0 Å². The van der Waals surface area contributed by atoms with E-state index in [-0.39, 0.29) is 0 Å². The lowest BCUT2D eigenvalue weighted by atomic mass is 10.2. The first kappa shape index (κ1) is 23.0. The average Bonchev–Trinajstić information content (AvgIpc) is 2.53. The Morgan fingerprint density at radius 2 is 1.38 bits per heavy atom. The third kappa shape index (κ3) is 6.58. The van der Waals surface area contributed by atoms with Crippen molar-refractivity contribution in [1.82, 2.24) is 0 Å². The molecule has 0 bridgehead atoms. The zero-order valence-electron chi connectivity index (χ0n) is 18.5. The van der Waals surface area contributed by atoms with E-state index in [1.807, 2.05) is 0 Å². The summed E-state index contributed by atoms with van der Waals surface area (Å²) < 4.78 is 6.98. The van der Waals surface area contributed by atoms with Gasteiger partial charge in [-0.2, -0.15) is 0 Å². The van der Waals surface area contributed by atoms with E-state index in [1.54, 1.807) is 0 Å². The lowest BCUT2D eigenvalue weighted by molar-refractivity contribution is 0.386. The van der Waals surface area contributed by atoms with Crippen LogP contribution in [0.1, 0.15) is 47.1 Å². The molecule has 146 valence electrons. The van der Waals surface area contributed by atoms with Crippen molar-refractivity contribution >= 4 is 22.5 Å². The standard InChI is InChI=1S/C23H40OSi2/c1-19(2)26(20(3)4,21(5)6)24-23(17-18-25(7,8)9)16-15-22-13-11-10-12-14-22/h10-17,19-21H,18H2,1-9H3/b16-15+,23-17-. The summed E-state index contributed by atoms with van der Waals surface area (Å²) >= 11 is 0. The van der Waals surface area contributed by atoms with Gasteiger partial charge in [0.15, 0.2) is 0 Å². The van der Waals surface area contributed by atoms with Crippen LogP contribution in [0.25, 0.3) is 6.08 Å². The number of hydrogen-bond acceptors (Lipinski definition) is 1. The molecule has 0 atom stereocenters. The van der Waals surface area contributed by atoms with Crippen molar-refractivity contribution in [2.45, 2.75) is 83.9 Å². The molecule has 0 aliphatic heterocycles. The van der Waals surface area contributed by atoms with E-state index in [0.717, 1.165) is 11.8 Å². The van der Waals surface area contributed by atoms with E-state index >= 15 is 0 Å². The molecule has 0 radical (unpaired) electrons. The third-order valence-electron chi connectivity index (χ3n) is 5.16. The predicted octanol–water partition coefficient (Wildman–Crippen LogP) is 8.11. The van der Waals surface area contributed by atoms with Gasteiger partial charge in [-0.25, -0.2) is 0 Å². The van der Waals surface area contributed by atoms with Gasteiger partial charge in [0.25, 0.3) is 8.32 Å². The Hall–Kier alpha value is -1.07. The zero-order valence-corrected chi connectivity index (χ0v) is 20.5. The SMILES string of the molecule is CC(C)[Si](OC(=C\C[Si](C)(C)C)/C=C/c1ccccc1)(C(C)C)C(C)C. The fourth-order valence-corrected chi connectivity index (χ4v) is 9.93. The number of benzene rings is 1. The number of rotatable bonds is 9. The predicted molar refractivity (Wildman–Crippen MR) is 124 cm³/mol. The van der Waals surface area contributed by atoms with E-state index in [2.05, 4.69) is 110 Å². The van der Waals surface area contributed by atoms with Crippen molar-refractivity contribution in [3.8, 4) is 0 Å². The summed E-state index contributed by atoms with van der Waals surface area (Å²) in [6, 6.07) is 11.7. The first-order valence-corrected chi connectivity index (χ1v) is 16.0. The molecule has 0 saturated carbocycles. The Kier molecular flexibility index (Phi) is 8.61. The van der Waals surface area contributed by atoms with Crippen LogP contribution in [-0.4, -0.2) is 16.4 Å². The molecule has 0 N–H and O–H groups in total. The fourth-order valence-electron chi connectivity index (χ4n) is 3.85. The molecule has 26 heavy (non-hydrogen) atoms. The molecule has 0 aliphatic carbocycles. The average molecular weight is 389 g/mol. The molecule has 0 saturated heterocycles. The van der Waals surface area contributed by atoms with Crippen molar-refractivity contribution in [3.05, 3.63) is 53.8 Å². The molecule has 0 spiro atoms. The topological polar surface area (TPSA) is 9.23 Å². The highest BCUT2D eigenvalue weighted by atomic mass is 28.4. The van der Waals surface area contributed by atoms with E-state index in [4.69, 9.17) is 4.43 Å². The highest BCUT2D eigenvalue weighted by Crippen LogP contribution is 2.43. The van der Waals surface area contributed by atoms with Gasteiger partial charge in [-0.1, -0.05) is 97.6 Å². The van der Waals surface area contributed by atoms with Crippen molar-refractivity contribution < 1.29 is 4.43 Å². The molecule has 0 aromatic heterocycles. The molecule has 0 amide bonds. The highest BCUT2D eigenvalue weighted by Gasteiger charge is 2.47. The van der Waals surface area contributed by atoms with Crippen LogP contribution in [0.2, 0.25) is 42.3 Å². The first-order valence-electron chi connectivity index (χ1n) is 10.1. The molecular formula is C23H40OSi2. The van der Waals surface area contributed by atoms with Gasteiger partial charge in [-0.15, -0.1) is 0 Å². The van der Waals surface area contributed by atoms with Crippen molar-refractivity contribution in [1.29, 1.82) is 0 Å². The van der Waals surface area contributed by atoms with E-state index in [9.17, 15) is 0 Å². The second-order valence-corrected chi connectivity index (χ2v) is 20.4. The van der Waals surface area contributed by atoms with Crippen LogP contribution in [0.15, 0.2) is 48.2 Å². The van der Waals surface area contributed by atoms with Gasteiger partial charge in [-0.3, -0.25) is 0 Å². The molecule has 1 aromatic rings. The van der Waals surface area contributed by atoms with E-state index in [1.165, 1.54) is 5.56 Å². The van der Waals surface area contributed by atoms with Crippen LogP contribution < -0.4 is 0 Å². The maximum atomic E-state index is 6.98. The van der Waals surface area contributed by atoms with Gasteiger partial charge in [0.1, 0.15) is 0 Å². The van der Waals surface area contributed by atoms with Crippen LogP contribution >= 0.6 is 0 Å². The second-order valence-electron chi connectivity index (χ2n) is 9.54. The van der Waals surface area contributed by atoms with Crippen LogP contribution in [0.3, 0.4) is 0 Å². The number of hydrogen-bond donors (Lipinski definition) is 0. The normalized spacial score (nSPS) is 14.1. The van der Waals surface area contributed by atoms with Crippen molar-refractivity contribution in [3.63, 3.8) is 0 Å². The van der Waals surface area contributed by atoms with E-state index in [0.29, 0.717) is 16.6 Å². The highest BCUT2D eigenvalue weighted by molar-refractivity contribution is 6.78. The van der Waals surface area contributed by atoms with Crippen LogP contribution in [0.4, 0.5) is 0 Å². The van der Waals surface area contributed by atoms with Crippen molar-refractivity contribution in [2.24, 2.45) is 0 Å². The zero-order chi connectivity index (χ0) is 20.0. The second kappa shape index (κ2) is 9.75. The number of allylic oxidation sites excluding steroid dienone is 2. The maximum absolute atomic E-state index is 6.98. The molecule has 0 aliphatic rings. The Morgan fingerprint density at radius 1 is 0.885 bits per heavy atom. The van der Waals surface area contributed by atoms with Crippen LogP contribution in [0.5, 0.6) is 0 Å². The van der Waals surface area contributed by atoms with Gasteiger partial charge in [0, 0.05) is 8.07 Å². The molecule has 0 fully saturated rings. The lowest BCUT2D eigenvalue weighted by Gasteiger charge is -2.42. The quantitative estimate of drug-likeness (QED) is 0.236. The molecular weight excluding hydrogens is 348 g/mol. The van der Waals surface area contributed by atoms with Gasteiger partial charge in [0.2, 0.25) is 0 Å². The monoisotopic (exact) mass is 388 g/mol. The largest absolute Gasteiger partial charge is 0.543 e. The first-order chi connectivity index (χ1) is 12.0. The van der Waals surface area contributed by atoms with Gasteiger partial charge < -0.3 is 4.43 Å². The lowest BCUT2D eigenvalue weighted by Crippen LogP contribution is -2.47. The minimum atomic E-state index is -1.93. The summed E-state index contributed by atoms with van der Waals surface area (Å²) in [6.07, 6.45) is 6.75. The van der Waals surface area contributed by atoms with Gasteiger partial charge in [-0.05, 0) is 40.4 Å². The molecule has 0 heterocycles.